The first-order valence-electron chi connectivity index (χ1n) is 10.7. The van der Waals surface area contributed by atoms with Crippen molar-refractivity contribution in [2.24, 2.45) is 0 Å². The van der Waals surface area contributed by atoms with Gasteiger partial charge in [0.1, 0.15) is 5.71 Å². The predicted octanol–water partition coefficient (Wildman–Crippen LogP) is 2.29. The van der Waals surface area contributed by atoms with E-state index in [0.717, 1.165) is 24.9 Å². The summed E-state index contributed by atoms with van der Waals surface area (Å²) in [5.41, 5.74) is 0.703. The number of hydrogen-bond donors (Lipinski definition) is 5. The van der Waals surface area contributed by atoms with Crippen LogP contribution >= 0.6 is 0 Å². The molecule has 2 fully saturated rings. The Kier molecular flexibility index (Phi) is 9.07. The molecule has 2 atom stereocenters. The molecular weight excluding hydrogens is 368 g/mol. The molecule has 3 rings (SSSR count). The summed E-state index contributed by atoms with van der Waals surface area (Å²) >= 11 is 0. The maximum atomic E-state index is 12.5. The SMILES string of the molecule is CC.CNc1ccccc1C(=N)C(=O)NC1CCC(CC2(O)CCOCC2)NC1. The predicted molar refractivity (Wildman–Crippen MR) is 117 cm³/mol. The van der Waals surface area contributed by atoms with Crippen molar-refractivity contribution in [2.75, 3.05) is 32.1 Å². The van der Waals surface area contributed by atoms with E-state index in [4.69, 9.17) is 10.1 Å². The van der Waals surface area contributed by atoms with Gasteiger partial charge < -0.3 is 25.8 Å². The van der Waals surface area contributed by atoms with Gasteiger partial charge in [0.25, 0.3) is 5.91 Å². The van der Waals surface area contributed by atoms with Gasteiger partial charge in [-0.15, -0.1) is 0 Å². The van der Waals surface area contributed by atoms with Gasteiger partial charge in [-0.1, -0.05) is 32.0 Å². The smallest absolute Gasteiger partial charge is 0.270 e. The van der Waals surface area contributed by atoms with Gasteiger partial charge in [0, 0.05) is 50.1 Å². The van der Waals surface area contributed by atoms with Crippen LogP contribution in [0.1, 0.15) is 51.5 Å². The lowest BCUT2D eigenvalue weighted by Gasteiger charge is -2.38. The first kappa shape index (κ1) is 23.3. The van der Waals surface area contributed by atoms with Crippen LogP contribution in [0.15, 0.2) is 24.3 Å². The topological polar surface area (TPSA) is 106 Å². The van der Waals surface area contributed by atoms with Gasteiger partial charge in [-0.25, -0.2) is 0 Å². The molecule has 162 valence electrons. The Morgan fingerprint density at radius 2 is 1.97 bits per heavy atom. The second kappa shape index (κ2) is 11.3. The molecule has 1 amide bonds. The number of amides is 1. The normalized spacial score (nSPS) is 23.3. The quantitative estimate of drug-likeness (QED) is 0.468. The fourth-order valence-electron chi connectivity index (χ4n) is 3.93. The van der Waals surface area contributed by atoms with Crippen molar-refractivity contribution < 1.29 is 14.6 Å². The molecule has 2 saturated heterocycles. The monoisotopic (exact) mass is 404 g/mol. The van der Waals surface area contributed by atoms with E-state index in [9.17, 15) is 9.90 Å². The number of nitrogens with one attached hydrogen (secondary N) is 4. The molecule has 7 nitrogen and oxygen atoms in total. The molecule has 1 aromatic carbocycles. The van der Waals surface area contributed by atoms with Crippen LogP contribution < -0.4 is 16.0 Å². The van der Waals surface area contributed by atoms with E-state index in [1.807, 2.05) is 32.0 Å². The van der Waals surface area contributed by atoms with Gasteiger partial charge in [0.2, 0.25) is 0 Å². The zero-order chi connectivity index (χ0) is 21.3. The largest absolute Gasteiger partial charge is 0.390 e. The number of ether oxygens (including phenoxy) is 1. The summed E-state index contributed by atoms with van der Waals surface area (Å²) in [7, 11) is 1.78. The summed E-state index contributed by atoms with van der Waals surface area (Å²) < 4.78 is 5.34. The molecule has 7 heteroatoms. The second-order valence-electron chi connectivity index (χ2n) is 7.56. The first-order chi connectivity index (χ1) is 14.0. The van der Waals surface area contributed by atoms with Crippen molar-refractivity contribution >= 4 is 17.3 Å². The molecule has 2 heterocycles. The average Bonchev–Trinajstić information content (AvgIpc) is 2.76. The Labute approximate surface area is 174 Å². The molecule has 2 unspecified atom stereocenters. The molecular formula is C22H36N4O3. The van der Waals surface area contributed by atoms with Crippen LogP contribution in [0.4, 0.5) is 5.69 Å². The minimum atomic E-state index is -0.634. The number of carbonyl (C=O) groups excluding carboxylic acids is 1. The van der Waals surface area contributed by atoms with Crippen LogP contribution in [-0.4, -0.2) is 61.2 Å². The van der Waals surface area contributed by atoms with E-state index < -0.39 is 5.60 Å². The van der Waals surface area contributed by atoms with Crippen LogP contribution in [0.25, 0.3) is 0 Å². The number of rotatable bonds is 6. The lowest BCUT2D eigenvalue weighted by Crippen LogP contribution is -2.53. The number of piperidine rings is 1. The zero-order valence-electron chi connectivity index (χ0n) is 17.9. The third kappa shape index (κ3) is 6.52. The minimum absolute atomic E-state index is 0.000167. The van der Waals surface area contributed by atoms with Crippen LogP contribution in [0.2, 0.25) is 0 Å². The summed E-state index contributed by atoms with van der Waals surface area (Å²) in [6.45, 7) is 5.90. The van der Waals surface area contributed by atoms with Gasteiger partial charge in [-0.3, -0.25) is 10.2 Å². The van der Waals surface area contributed by atoms with Crippen molar-refractivity contribution in [3.05, 3.63) is 29.8 Å². The summed E-state index contributed by atoms with van der Waals surface area (Å²) in [5.74, 6) is -0.356. The lowest BCUT2D eigenvalue weighted by atomic mass is 9.84. The molecule has 29 heavy (non-hydrogen) atoms. The molecule has 0 spiro atoms. The number of hydrogen-bond acceptors (Lipinski definition) is 6. The van der Waals surface area contributed by atoms with E-state index in [0.29, 0.717) is 38.2 Å². The highest BCUT2D eigenvalue weighted by molar-refractivity contribution is 6.45. The third-order valence-corrected chi connectivity index (χ3v) is 5.59. The number of para-hydroxylation sites is 1. The van der Waals surface area contributed by atoms with E-state index >= 15 is 0 Å². The number of benzene rings is 1. The highest BCUT2D eigenvalue weighted by Crippen LogP contribution is 2.28. The number of aliphatic hydroxyl groups is 1. The highest BCUT2D eigenvalue weighted by atomic mass is 16.5. The number of anilines is 1. The van der Waals surface area contributed by atoms with Crippen molar-refractivity contribution in [1.82, 2.24) is 10.6 Å². The van der Waals surface area contributed by atoms with Gasteiger partial charge in [0.05, 0.1) is 5.60 Å². The second-order valence-corrected chi connectivity index (χ2v) is 7.56. The summed E-state index contributed by atoms with van der Waals surface area (Å²) in [5, 5.41) is 28.3. The average molecular weight is 405 g/mol. The Balaban J connectivity index is 0.00000145. The molecule has 0 radical (unpaired) electrons. The molecule has 2 aliphatic rings. The molecule has 5 N–H and O–H groups in total. The van der Waals surface area contributed by atoms with E-state index in [2.05, 4.69) is 16.0 Å². The Morgan fingerprint density at radius 3 is 2.59 bits per heavy atom. The van der Waals surface area contributed by atoms with E-state index in [-0.39, 0.29) is 23.7 Å². The van der Waals surface area contributed by atoms with Crippen molar-refractivity contribution in [3.63, 3.8) is 0 Å². The van der Waals surface area contributed by atoms with Gasteiger partial charge >= 0.3 is 0 Å². The summed E-state index contributed by atoms with van der Waals surface area (Å²) in [4.78, 5) is 12.5. The van der Waals surface area contributed by atoms with Crippen LogP contribution in [0, 0.1) is 5.41 Å². The minimum Gasteiger partial charge on any atom is -0.390 e. The van der Waals surface area contributed by atoms with Gasteiger partial charge in [0.15, 0.2) is 0 Å². The zero-order valence-corrected chi connectivity index (χ0v) is 17.9. The molecule has 0 aliphatic carbocycles. The van der Waals surface area contributed by atoms with Gasteiger partial charge in [-0.2, -0.15) is 0 Å². The molecule has 0 bridgehead atoms. The van der Waals surface area contributed by atoms with Crippen molar-refractivity contribution in [3.8, 4) is 0 Å². The fraction of sp³-hybridized carbons (Fsp3) is 0.636. The van der Waals surface area contributed by atoms with Crippen LogP contribution in [-0.2, 0) is 9.53 Å². The lowest BCUT2D eigenvalue weighted by molar-refractivity contribution is -0.115. The fourth-order valence-corrected chi connectivity index (χ4v) is 3.93. The maximum Gasteiger partial charge on any atom is 0.270 e. The van der Waals surface area contributed by atoms with Crippen LogP contribution in [0.3, 0.4) is 0 Å². The maximum absolute atomic E-state index is 12.5. The van der Waals surface area contributed by atoms with Gasteiger partial charge in [-0.05, 0) is 38.2 Å². The van der Waals surface area contributed by atoms with Crippen molar-refractivity contribution in [1.29, 1.82) is 5.41 Å². The third-order valence-electron chi connectivity index (χ3n) is 5.59. The summed E-state index contributed by atoms with van der Waals surface area (Å²) in [6.07, 6.45) is 3.84. The molecule has 0 aromatic heterocycles. The highest BCUT2D eigenvalue weighted by Gasteiger charge is 2.34. The Bertz CT molecular complexity index is 666. The first-order valence-corrected chi connectivity index (χ1v) is 10.7. The standard InChI is InChI=1S/C20H30N4O3.C2H6/c1-22-17-5-3-2-4-16(17)18(21)19(25)24-15-7-6-14(23-13-15)12-20(26)8-10-27-11-9-20;1-2/h2-5,14-15,21-23,26H,6-13H2,1H3,(H,24,25);1-2H3. The van der Waals surface area contributed by atoms with Crippen molar-refractivity contribution in [2.45, 2.75) is 63.6 Å². The molecule has 0 saturated carbocycles. The van der Waals surface area contributed by atoms with E-state index in [1.165, 1.54) is 0 Å². The molecule has 2 aliphatic heterocycles. The van der Waals surface area contributed by atoms with Crippen LogP contribution in [0.5, 0.6) is 0 Å². The molecule has 1 aromatic rings. The van der Waals surface area contributed by atoms with E-state index in [1.54, 1.807) is 13.1 Å². The Hall–Kier alpha value is -1.96. The number of carbonyl (C=O) groups is 1. The summed E-state index contributed by atoms with van der Waals surface area (Å²) in [6, 6.07) is 7.58. The Morgan fingerprint density at radius 1 is 1.28 bits per heavy atom.